The minimum absolute atomic E-state index is 0.294. The third kappa shape index (κ3) is 4.44. The zero-order valence-corrected chi connectivity index (χ0v) is 15.9. The number of nitrogens with zero attached hydrogens (tertiary/aromatic N) is 4. The first-order chi connectivity index (χ1) is 13.5. The van der Waals surface area contributed by atoms with E-state index in [-0.39, 0.29) is 5.91 Å². The molecule has 3 aromatic rings. The minimum Gasteiger partial charge on any atom is -0.495 e. The summed E-state index contributed by atoms with van der Waals surface area (Å²) in [5.41, 5.74) is 2.88. The second-order valence-electron chi connectivity index (χ2n) is 5.99. The molecule has 9 nitrogen and oxygen atoms in total. The SMILES string of the molecule is C=CC(=O)Nc1ccc(OC)c(Nc2nc(Nc3cnn(C)c3)ncc2C)c1. The number of aromatic nitrogens is 4. The standard InChI is InChI=1S/C19H21N7O2/c1-5-17(27)22-13-6-7-16(28-4)15(8-13)24-18-12(2)9-20-19(25-18)23-14-10-21-26(3)11-14/h5-11H,1H2,2-4H3,(H,22,27)(H2,20,23,24,25). The highest BCUT2D eigenvalue weighted by Gasteiger charge is 2.10. The number of benzene rings is 1. The number of methoxy groups -OCH3 is 1. The third-order valence-electron chi connectivity index (χ3n) is 3.84. The zero-order chi connectivity index (χ0) is 20.1. The van der Waals surface area contributed by atoms with Crippen LogP contribution in [-0.4, -0.2) is 32.8 Å². The largest absolute Gasteiger partial charge is 0.495 e. The van der Waals surface area contributed by atoms with E-state index >= 15 is 0 Å². The molecular weight excluding hydrogens is 358 g/mol. The Kier molecular flexibility index (Phi) is 5.54. The quantitative estimate of drug-likeness (QED) is 0.542. The van der Waals surface area contributed by atoms with Crippen molar-refractivity contribution in [3.05, 3.63) is 55.0 Å². The number of nitrogens with one attached hydrogen (secondary N) is 3. The van der Waals surface area contributed by atoms with E-state index in [0.29, 0.717) is 28.9 Å². The average Bonchev–Trinajstić information content (AvgIpc) is 3.09. The first kappa shape index (κ1) is 18.9. The topological polar surface area (TPSA) is 106 Å². The Labute approximate surface area is 162 Å². The van der Waals surface area contributed by atoms with E-state index in [1.165, 1.54) is 6.08 Å². The molecule has 0 spiro atoms. The number of carbonyl (C=O) groups excluding carboxylic acids is 1. The Morgan fingerprint density at radius 2 is 2.07 bits per heavy atom. The van der Waals surface area contributed by atoms with Gasteiger partial charge >= 0.3 is 0 Å². The van der Waals surface area contributed by atoms with E-state index in [4.69, 9.17) is 4.74 Å². The van der Waals surface area contributed by atoms with E-state index in [0.717, 1.165) is 11.3 Å². The lowest BCUT2D eigenvalue weighted by atomic mass is 10.2. The summed E-state index contributed by atoms with van der Waals surface area (Å²) in [4.78, 5) is 20.4. The fourth-order valence-corrected chi connectivity index (χ4v) is 2.45. The monoisotopic (exact) mass is 379 g/mol. The molecule has 1 aromatic carbocycles. The van der Waals surface area contributed by atoms with Crippen molar-refractivity contribution < 1.29 is 9.53 Å². The molecule has 28 heavy (non-hydrogen) atoms. The second kappa shape index (κ2) is 8.21. The van der Waals surface area contributed by atoms with Crippen molar-refractivity contribution in [2.75, 3.05) is 23.1 Å². The van der Waals surface area contributed by atoms with Crippen LogP contribution in [0, 0.1) is 6.92 Å². The summed E-state index contributed by atoms with van der Waals surface area (Å²) in [5, 5.41) is 13.2. The molecule has 0 atom stereocenters. The summed E-state index contributed by atoms with van der Waals surface area (Å²) in [6.45, 7) is 5.35. The highest BCUT2D eigenvalue weighted by molar-refractivity contribution is 5.99. The molecule has 0 aliphatic rings. The Balaban J connectivity index is 1.87. The molecule has 0 aliphatic carbocycles. The molecule has 0 bridgehead atoms. The van der Waals surface area contributed by atoms with Crippen LogP contribution in [0.15, 0.2) is 49.4 Å². The Bertz CT molecular complexity index is 1010. The van der Waals surface area contributed by atoms with Gasteiger partial charge in [0.05, 0.1) is 24.7 Å². The van der Waals surface area contributed by atoms with Gasteiger partial charge < -0.3 is 20.7 Å². The molecule has 0 aliphatic heterocycles. The molecular formula is C19H21N7O2. The molecule has 2 heterocycles. The lowest BCUT2D eigenvalue weighted by molar-refractivity contribution is -0.111. The molecule has 2 aromatic heterocycles. The third-order valence-corrected chi connectivity index (χ3v) is 3.84. The van der Waals surface area contributed by atoms with E-state index < -0.39 is 0 Å². The molecule has 0 saturated heterocycles. The predicted molar refractivity (Wildman–Crippen MR) is 108 cm³/mol. The maximum absolute atomic E-state index is 11.6. The molecule has 0 radical (unpaired) electrons. The first-order valence-electron chi connectivity index (χ1n) is 8.46. The minimum atomic E-state index is -0.294. The molecule has 1 amide bonds. The van der Waals surface area contributed by atoms with Gasteiger partial charge in [0, 0.05) is 30.7 Å². The van der Waals surface area contributed by atoms with Crippen molar-refractivity contribution >= 4 is 34.7 Å². The van der Waals surface area contributed by atoms with Gasteiger partial charge in [-0.05, 0) is 31.2 Å². The van der Waals surface area contributed by atoms with Gasteiger partial charge in [0.1, 0.15) is 11.6 Å². The van der Waals surface area contributed by atoms with Crippen molar-refractivity contribution in [3.63, 3.8) is 0 Å². The van der Waals surface area contributed by atoms with E-state index in [1.54, 1.807) is 42.4 Å². The Morgan fingerprint density at radius 1 is 1.25 bits per heavy atom. The summed E-state index contributed by atoms with van der Waals surface area (Å²) >= 11 is 0. The maximum Gasteiger partial charge on any atom is 0.247 e. The second-order valence-corrected chi connectivity index (χ2v) is 5.99. The predicted octanol–water partition coefficient (Wildman–Crippen LogP) is 3.14. The number of ether oxygens (including phenoxy) is 1. The molecule has 0 saturated carbocycles. The highest BCUT2D eigenvalue weighted by Crippen LogP contribution is 2.31. The van der Waals surface area contributed by atoms with Gasteiger partial charge in [0.2, 0.25) is 11.9 Å². The normalized spacial score (nSPS) is 10.2. The van der Waals surface area contributed by atoms with Gasteiger partial charge in [-0.1, -0.05) is 6.58 Å². The summed E-state index contributed by atoms with van der Waals surface area (Å²) < 4.78 is 7.09. The number of amides is 1. The number of hydrogen-bond donors (Lipinski definition) is 3. The lowest BCUT2D eigenvalue weighted by Crippen LogP contribution is -2.08. The molecule has 3 rings (SSSR count). The Hall–Kier alpha value is -3.88. The summed E-state index contributed by atoms with van der Waals surface area (Å²) in [5.74, 6) is 1.34. The number of aryl methyl sites for hydroxylation is 2. The fraction of sp³-hybridized carbons (Fsp3) is 0.158. The number of hydrogen-bond acceptors (Lipinski definition) is 7. The van der Waals surface area contributed by atoms with Gasteiger partial charge in [-0.2, -0.15) is 10.1 Å². The smallest absolute Gasteiger partial charge is 0.247 e. The van der Waals surface area contributed by atoms with Crippen LogP contribution in [0.25, 0.3) is 0 Å². The number of anilines is 5. The first-order valence-corrected chi connectivity index (χ1v) is 8.46. The van der Waals surface area contributed by atoms with Crippen LogP contribution in [0.4, 0.5) is 28.8 Å². The molecule has 144 valence electrons. The van der Waals surface area contributed by atoms with Crippen molar-refractivity contribution in [2.45, 2.75) is 6.92 Å². The van der Waals surface area contributed by atoms with Crippen LogP contribution < -0.4 is 20.7 Å². The molecule has 0 unspecified atom stereocenters. The van der Waals surface area contributed by atoms with Crippen molar-refractivity contribution in [3.8, 4) is 5.75 Å². The van der Waals surface area contributed by atoms with Gasteiger partial charge in [0.25, 0.3) is 0 Å². The molecule has 3 N–H and O–H groups in total. The van der Waals surface area contributed by atoms with Crippen molar-refractivity contribution in [1.82, 2.24) is 19.7 Å². The number of rotatable bonds is 7. The van der Waals surface area contributed by atoms with Crippen LogP contribution in [0.2, 0.25) is 0 Å². The van der Waals surface area contributed by atoms with E-state index in [9.17, 15) is 4.79 Å². The van der Waals surface area contributed by atoms with Crippen LogP contribution in [-0.2, 0) is 11.8 Å². The van der Waals surface area contributed by atoms with Gasteiger partial charge in [0.15, 0.2) is 0 Å². The zero-order valence-electron chi connectivity index (χ0n) is 15.9. The number of carbonyl (C=O) groups is 1. The average molecular weight is 379 g/mol. The van der Waals surface area contributed by atoms with Gasteiger partial charge in [-0.3, -0.25) is 9.48 Å². The van der Waals surface area contributed by atoms with Crippen molar-refractivity contribution in [1.29, 1.82) is 0 Å². The molecule has 9 heteroatoms. The van der Waals surface area contributed by atoms with Crippen LogP contribution in [0.3, 0.4) is 0 Å². The molecule has 0 fully saturated rings. The van der Waals surface area contributed by atoms with Gasteiger partial charge in [-0.15, -0.1) is 0 Å². The Morgan fingerprint density at radius 3 is 2.75 bits per heavy atom. The lowest BCUT2D eigenvalue weighted by Gasteiger charge is -2.14. The van der Waals surface area contributed by atoms with E-state index in [1.807, 2.05) is 20.2 Å². The summed E-state index contributed by atoms with van der Waals surface area (Å²) in [6.07, 6.45) is 6.43. The van der Waals surface area contributed by atoms with Crippen LogP contribution in [0.1, 0.15) is 5.56 Å². The fourth-order valence-electron chi connectivity index (χ4n) is 2.45. The maximum atomic E-state index is 11.6. The van der Waals surface area contributed by atoms with Crippen LogP contribution in [0.5, 0.6) is 5.75 Å². The van der Waals surface area contributed by atoms with Crippen LogP contribution >= 0.6 is 0 Å². The summed E-state index contributed by atoms with van der Waals surface area (Å²) in [7, 11) is 3.41. The van der Waals surface area contributed by atoms with E-state index in [2.05, 4.69) is 37.6 Å². The highest BCUT2D eigenvalue weighted by atomic mass is 16.5. The van der Waals surface area contributed by atoms with Crippen molar-refractivity contribution in [2.24, 2.45) is 7.05 Å². The van der Waals surface area contributed by atoms with Gasteiger partial charge in [-0.25, -0.2) is 4.98 Å². The summed E-state index contributed by atoms with van der Waals surface area (Å²) in [6, 6.07) is 5.26.